The van der Waals surface area contributed by atoms with Gasteiger partial charge in [-0.3, -0.25) is 0 Å². The van der Waals surface area contributed by atoms with Gasteiger partial charge in [-0.2, -0.15) is 5.26 Å². The quantitative estimate of drug-likeness (QED) is 0.825. The Kier molecular flexibility index (Phi) is 6.82. The zero-order chi connectivity index (χ0) is 9.80. The van der Waals surface area contributed by atoms with E-state index in [9.17, 15) is 0 Å². The number of anilines is 1. The Morgan fingerprint density at radius 2 is 1.94 bits per heavy atom. The van der Waals surface area contributed by atoms with E-state index in [2.05, 4.69) is 15.2 Å². The number of hydrogen-bond acceptors (Lipinski definition) is 4. The summed E-state index contributed by atoms with van der Waals surface area (Å²) in [7, 11) is 0. The number of aromatic nitrogens is 1. The van der Waals surface area contributed by atoms with Gasteiger partial charge in [-0.15, -0.1) is 24.8 Å². The molecule has 1 saturated heterocycles. The van der Waals surface area contributed by atoms with Crippen molar-refractivity contribution in [1.29, 1.82) is 5.26 Å². The van der Waals surface area contributed by atoms with E-state index in [4.69, 9.17) is 5.26 Å². The highest BCUT2D eigenvalue weighted by Crippen LogP contribution is 2.12. The maximum Gasteiger partial charge on any atom is 0.140 e. The maximum absolute atomic E-state index is 8.60. The largest absolute Gasteiger partial charge is 0.368 e. The minimum absolute atomic E-state index is 0. The fourth-order valence-electron chi connectivity index (χ4n) is 1.56. The average Bonchev–Trinajstić information content (AvgIpc) is 2.30. The third-order valence-electron chi connectivity index (χ3n) is 2.34. The number of nitriles is 1. The maximum atomic E-state index is 8.60. The van der Waals surface area contributed by atoms with Crippen LogP contribution in [-0.4, -0.2) is 31.2 Å². The third kappa shape index (κ3) is 3.53. The molecule has 2 rings (SSSR count). The standard InChI is InChI=1S/C10H12N4.2ClH/c11-7-9-1-2-10(8-13-9)14-5-3-12-4-6-14;;/h1-2,8,12H,3-6H2;2*1H. The van der Waals surface area contributed by atoms with Crippen LogP contribution in [0.1, 0.15) is 5.69 Å². The number of nitrogens with one attached hydrogen (secondary N) is 1. The lowest BCUT2D eigenvalue weighted by molar-refractivity contribution is 0.588. The molecule has 0 bridgehead atoms. The predicted molar refractivity (Wildman–Crippen MR) is 68.5 cm³/mol. The van der Waals surface area contributed by atoms with E-state index in [-0.39, 0.29) is 24.8 Å². The van der Waals surface area contributed by atoms with Crippen molar-refractivity contribution in [2.45, 2.75) is 0 Å². The van der Waals surface area contributed by atoms with Crippen molar-refractivity contribution in [3.05, 3.63) is 24.0 Å². The van der Waals surface area contributed by atoms with Crippen LogP contribution >= 0.6 is 24.8 Å². The highest BCUT2D eigenvalue weighted by molar-refractivity contribution is 5.85. The van der Waals surface area contributed by atoms with Crippen LogP contribution in [0.15, 0.2) is 18.3 Å². The number of hydrogen-bond donors (Lipinski definition) is 1. The van der Waals surface area contributed by atoms with Crippen LogP contribution in [0.4, 0.5) is 5.69 Å². The molecule has 1 N–H and O–H groups in total. The molecule has 0 unspecified atom stereocenters. The van der Waals surface area contributed by atoms with Gasteiger partial charge in [0.1, 0.15) is 11.8 Å². The molecule has 1 aromatic heterocycles. The van der Waals surface area contributed by atoms with Crippen LogP contribution in [0.2, 0.25) is 0 Å². The van der Waals surface area contributed by atoms with Crippen molar-refractivity contribution in [2.24, 2.45) is 0 Å². The monoisotopic (exact) mass is 260 g/mol. The zero-order valence-electron chi connectivity index (χ0n) is 8.72. The van der Waals surface area contributed by atoms with Gasteiger partial charge >= 0.3 is 0 Å². The minimum atomic E-state index is 0. The van der Waals surface area contributed by atoms with Crippen molar-refractivity contribution in [2.75, 3.05) is 31.1 Å². The SMILES string of the molecule is Cl.Cl.N#Cc1ccc(N2CCNCC2)cn1. The van der Waals surface area contributed by atoms with Gasteiger partial charge in [-0.25, -0.2) is 4.98 Å². The summed E-state index contributed by atoms with van der Waals surface area (Å²) in [6.45, 7) is 4.04. The molecule has 0 amide bonds. The number of rotatable bonds is 1. The molecule has 16 heavy (non-hydrogen) atoms. The minimum Gasteiger partial charge on any atom is -0.368 e. The van der Waals surface area contributed by atoms with E-state index in [1.165, 1.54) is 0 Å². The summed E-state index contributed by atoms with van der Waals surface area (Å²) < 4.78 is 0. The smallest absolute Gasteiger partial charge is 0.140 e. The van der Waals surface area contributed by atoms with Crippen molar-refractivity contribution in [3.8, 4) is 6.07 Å². The summed E-state index contributed by atoms with van der Waals surface area (Å²) in [4.78, 5) is 6.32. The molecule has 6 heteroatoms. The zero-order valence-corrected chi connectivity index (χ0v) is 10.4. The fraction of sp³-hybridized carbons (Fsp3) is 0.400. The molecule has 0 radical (unpaired) electrons. The van der Waals surface area contributed by atoms with Crippen molar-refractivity contribution in [1.82, 2.24) is 10.3 Å². The Bertz CT molecular complexity index is 341. The number of pyridine rings is 1. The first-order valence-electron chi connectivity index (χ1n) is 4.72. The van der Waals surface area contributed by atoms with Gasteiger partial charge in [0.2, 0.25) is 0 Å². The molecule has 1 aliphatic rings. The van der Waals surface area contributed by atoms with E-state index >= 15 is 0 Å². The van der Waals surface area contributed by atoms with Gasteiger partial charge in [0.05, 0.1) is 11.9 Å². The Hall–Kier alpha value is -1.02. The molecule has 0 spiro atoms. The Balaban J connectivity index is 0.00000112. The van der Waals surface area contributed by atoms with E-state index in [1.54, 1.807) is 12.3 Å². The Labute approximate surface area is 107 Å². The molecule has 0 aliphatic carbocycles. The van der Waals surface area contributed by atoms with Gasteiger partial charge in [-0.05, 0) is 12.1 Å². The fourth-order valence-corrected chi connectivity index (χ4v) is 1.56. The van der Waals surface area contributed by atoms with E-state index in [0.29, 0.717) is 5.69 Å². The number of piperazine rings is 1. The van der Waals surface area contributed by atoms with Gasteiger partial charge in [-0.1, -0.05) is 0 Å². The second kappa shape index (κ2) is 7.29. The molecule has 2 heterocycles. The molecule has 1 aromatic rings. The molecule has 1 fully saturated rings. The van der Waals surface area contributed by atoms with Crippen molar-refractivity contribution in [3.63, 3.8) is 0 Å². The normalized spacial score (nSPS) is 14.3. The van der Waals surface area contributed by atoms with Crippen molar-refractivity contribution < 1.29 is 0 Å². The van der Waals surface area contributed by atoms with Crippen LogP contribution in [0.5, 0.6) is 0 Å². The summed E-state index contributed by atoms with van der Waals surface area (Å²) in [6.07, 6.45) is 1.77. The van der Waals surface area contributed by atoms with Crippen LogP contribution in [0.25, 0.3) is 0 Å². The van der Waals surface area contributed by atoms with E-state index < -0.39 is 0 Å². The summed E-state index contributed by atoms with van der Waals surface area (Å²) in [5, 5.41) is 11.9. The second-order valence-corrected chi connectivity index (χ2v) is 3.25. The van der Waals surface area contributed by atoms with Crippen LogP contribution in [0.3, 0.4) is 0 Å². The van der Waals surface area contributed by atoms with Crippen LogP contribution in [-0.2, 0) is 0 Å². The lowest BCUT2D eigenvalue weighted by atomic mass is 10.3. The molecule has 0 atom stereocenters. The first-order chi connectivity index (χ1) is 6.90. The summed E-state index contributed by atoms with van der Waals surface area (Å²) in [5.41, 5.74) is 1.58. The average molecular weight is 261 g/mol. The van der Waals surface area contributed by atoms with Crippen molar-refractivity contribution >= 4 is 30.5 Å². The second-order valence-electron chi connectivity index (χ2n) is 3.25. The van der Waals surface area contributed by atoms with Gasteiger partial charge in [0.25, 0.3) is 0 Å². The summed E-state index contributed by atoms with van der Waals surface area (Å²) in [6, 6.07) is 5.73. The van der Waals surface area contributed by atoms with Crippen LogP contribution in [0, 0.1) is 11.3 Å². The Morgan fingerprint density at radius 1 is 1.25 bits per heavy atom. The number of nitrogens with zero attached hydrogens (tertiary/aromatic N) is 3. The lowest BCUT2D eigenvalue weighted by Gasteiger charge is -2.28. The highest BCUT2D eigenvalue weighted by atomic mass is 35.5. The molecule has 88 valence electrons. The first kappa shape index (κ1) is 15.0. The van der Waals surface area contributed by atoms with Crippen LogP contribution < -0.4 is 10.2 Å². The predicted octanol–water partition coefficient (Wildman–Crippen LogP) is 1.21. The molecular weight excluding hydrogens is 247 g/mol. The van der Waals surface area contributed by atoms with Gasteiger partial charge in [0, 0.05) is 26.2 Å². The number of halogens is 2. The molecule has 1 aliphatic heterocycles. The molecule has 0 saturated carbocycles. The lowest BCUT2D eigenvalue weighted by Crippen LogP contribution is -2.43. The Morgan fingerprint density at radius 3 is 2.44 bits per heavy atom. The molecule has 0 aromatic carbocycles. The molecule has 4 nitrogen and oxygen atoms in total. The van der Waals surface area contributed by atoms with Gasteiger partial charge < -0.3 is 10.2 Å². The topological polar surface area (TPSA) is 52.0 Å². The van der Waals surface area contributed by atoms with E-state index in [1.807, 2.05) is 12.1 Å². The third-order valence-corrected chi connectivity index (χ3v) is 2.34. The summed E-state index contributed by atoms with van der Waals surface area (Å²) in [5.74, 6) is 0. The molecular formula is C10H14Cl2N4. The highest BCUT2D eigenvalue weighted by Gasteiger charge is 2.09. The van der Waals surface area contributed by atoms with E-state index in [0.717, 1.165) is 31.9 Å². The summed E-state index contributed by atoms with van der Waals surface area (Å²) >= 11 is 0. The van der Waals surface area contributed by atoms with Gasteiger partial charge in [0.15, 0.2) is 0 Å². The first-order valence-corrected chi connectivity index (χ1v) is 4.72.